The number of benzene rings is 1. The van der Waals surface area contributed by atoms with E-state index in [1.807, 2.05) is 6.07 Å². The first-order valence-corrected chi connectivity index (χ1v) is 5.28. The summed E-state index contributed by atoms with van der Waals surface area (Å²) in [5.74, 6) is -1.26. The average molecular weight is 256 g/mol. The van der Waals surface area contributed by atoms with Crippen LogP contribution in [0.25, 0.3) is 17.0 Å². The summed E-state index contributed by atoms with van der Waals surface area (Å²) in [6.45, 7) is 1.71. The predicted octanol–water partition coefficient (Wildman–Crippen LogP) is 1.47. The van der Waals surface area contributed by atoms with Crippen molar-refractivity contribution >= 4 is 22.9 Å². The minimum atomic E-state index is -1.17. The summed E-state index contributed by atoms with van der Waals surface area (Å²) in [5.41, 5.74) is 0.718. The number of aryl methyl sites for hydroxylation is 1. The van der Waals surface area contributed by atoms with Crippen LogP contribution in [0.3, 0.4) is 0 Å². The van der Waals surface area contributed by atoms with Crippen molar-refractivity contribution < 1.29 is 14.3 Å². The van der Waals surface area contributed by atoms with Crippen LogP contribution in [0.1, 0.15) is 17.0 Å². The Morgan fingerprint density at radius 1 is 1.53 bits per heavy atom. The molecule has 6 heteroatoms. The lowest BCUT2D eigenvalue weighted by atomic mass is 10.1. The van der Waals surface area contributed by atoms with E-state index in [9.17, 15) is 9.59 Å². The molecule has 0 spiro atoms. The van der Waals surface area contributed by atoms with Crippen molar-refractivity contribution in [1.29, 1.82) is 5.26 Å². The summed E-state index contributed by atoms with van der Waals surface area (Å²) in [5, 5.41) is 17.5. The number of carbonyl (C=O) groups is 1. The summed E-state index contributed by atoms with van der Waals surface area (Å²) in [4.78, 5) is 26.2. The lowest BCUT2D eigenvalue weighted by Gasteiger charge is -2.01. The van der Waals surface area contributed by atoms with Crippen molar-refractivity contribution in [3.8, 4) is 6.07 Å². The van der Waals surface area contributed by atoms with Crippen LogP contribution < -0.4 is 5.63 Å². The minimum absolute atomic E-state index is 0.0901. The van der Waals surface area contributed by atoms with E-state index in [4.69, 9.17) is 14.8 Å². The number of nitriles is 1. The SMILES string of the molecule is Cc1cc(C#N)cc2c(=O)oc(/C=C\C(=O)O)nc12. The molecule has 2 rings (SSSR count). The second-order valence-corrected chi connectivity index (χ2v) is 3.81. The van der Waals surface area contributed by atoms with Gasteiger partial charge < -0.3 is 9.52 Å². The molecule has 0 saturated heterocycles. The summed E-state index contributed by atoms with van der Waals surface area (Å²) >= 11 is 0. The van der Waals surface area contributed by atoms with E-state index >= 15 is 0 Å². The fraction of sp³-hybridized carbons (Fsp3) is 0.0769. The molecule has 0 atom stereocenters. The van der Waals surface area contributed by atoms with Gasteiger partial charge in [0, 0.05) is 12.2 Å². The van der Waals surface area contributed by atoms with Crippen molar-refractivity contribution in [3.05, 3.63) is 45.6 Å². The molecular formula is C13H8N2O4. The number of carboxylic acids is 1. The molecule has 0 unspecified atom stereocenters. The number of aromatic nitrogens is 1. The molecule has 0 aliphatic heterocycles. The number of hydrogen-bond donors (Lipinski definition) is 1. The zero-order valence-electron chi connectivity index (χ0n) is 9.88. The molecule has 0 amide bonds. The third-order valence-corrected chi connectivity index (χ3v) is 2.44. The number of rotatable bonds is 2. The van der Waals surface area contributed by atoms with Crippen LogP contribution in [0, 0.1) is 18.3 Å². The van der Waals surface area contributed by atoms with Crippen molar-refractivity contribution in [2.75, 3.05) is 0 Å². The molecule has 0 aliphatic carbocycles. The maximum absolute atomic E-state index is 11.8. The van der Waals surface area contributed by atoms with Gasteiger partial charge >= 0.3 is 11.6 Å². The zero-order chi connectivity index (χ0) is 14.0. The van der Waals surface area contributed by atoms with E-state index in [2.05, 4.69) is 4.98 Å². The van der Waals surface area contributed by atoms with Gasteiger partial charge in [0.2, 0.25) is 5.89 Å². The Kier molecular flexibility index (Phi) is 3.12. The van der Waals surface area contributed by atoms with Crippen LogP contribution in [-0.2, 0) is 4.79 Å². The molecule has 0 bridgehead atoms. The average Bonchev–Trinajstić information content (AvgIpc) is 2.37. The normalized spacial score (nSPS) is 10.7. The van der Waals surface area contributed by atoms with E-state index in [0.717, 1.165) is 12.2 Å². The highest BCUT2D eigenvalue weighted by Crippen LogP contribution is 2.16. The van der Waals surface area contributed by atoms with Gasteiger partial charge in [-0.25, -0.2) is 14.6 Å². The summed E-state index contributed by atoms with van der Waals surface area (Å²) in [7, 11) is 0. The molecule has 0 saturated carbocycles. The van der Waals surface area contributed by atoms with Crippen LogP contribution in [0.15, 0.2) is 27.4 Å². The van der Waals surface area contributed by atoms with Gasteiger partial charge in [0.1, 0.15) is 0 Å². The highest BCUT2D eigenvalue weighted by atomic mass is 16.4. The van der Waals surface area contributed by atoms with Crippen LogP contribution in [-0.4, -0.2) is 16.1 Å². The third-order valence-electron chi connectivity index (χ3n) is 2.44. The lowest BCUT2D eigenvalue weighted by molar-refractivity contribution is -0.131. The Labute approximate surface area is 107 Å². The van der Waals surface area contributed by atoms with Gasteiger partial charge in [-0.2, -0.15) is 5.26 Å². The topological polar surface area (TPSA) is 104 Å². The Bertz CT molecular complexity index is 797. The largest absolute Gasteiger partial charge is 0.478 e. The fourth-order valence-corrected chi connectivity index (χ4v) is 1.64. The van der Waals surface area contributed by atoms with Crippen LogP contribution in [0.5, 0.6) is 0 Å². The standard InChI is InChI=1S/C13H8N2O4/c1-7-4-8(6-14)5-9-12(7)15-10(19-13(9)18)2-3-11(16)17/h2-5H,1H3,(H,16,17)/b3-2-. The Morgan fingerprint density at radius 3 is 2.89 bits per heavy atom. The first kappa shape index (κ1) is 12.5. The molecule has 0 aliphatic rings. The molecule has 94 valence electrons. The molecule has 0 radical (unpaired) electrons. The smallest absolute Gasteiger partial charge is 0.347 e. The van der Waals surface area contributed by atoms with Crippen molar-refractivity contribution in [3.63, 3.8) is 0 Å². The monoisotopic (exact) mass is 256 g/mol. The second kappa shape index (κ2) is 4.74. The van der Waals surface area contributed by atoms with E-state index in [1.165, 1.54) is 6.07 Å². The molecular weight excluding hydrogens is 248 g/mol. The molecule has 6 nitrogen and oxygen atoms in total. The minimum Gasteiger partial charge on any atom is -0.478 e. The number of aliphatic carboxylic acids is 1. The van der Waals surface area contributed by atoms with Gasteiger partial charge in [-0.15, -0.1) is 0 Å². The highest BCUT2D eigenvalue weighted by molar-refractivity contribution is 5.86. The molecule has 1 N–H and O–H groups in total. The van der Waals surface area contributed by atoms with E-state index in [0.29, 0.717) is 16.6 Å². The van der Waals surface area contributed by atoms with Gasteiger partial charge in [-0.3, -0.25) is 0 Å². The van der Waals surface area contributed by atoms with Crippen LogP contribution in [0.2, 0.25) is 0 Å². The van der Waals surface area contributed by atoms with Gasteiger partial charge in [0.15, 0.2) is 0 Å². The van der Waals surface area contributed by atoms with Gasteiger partial charge in [-0.1, -0.05) is 0 Å². The van der Waals surface area contributed by atoms with Crippen LogP contribution in [0.4, 0.5) is 0 Å². The Hall–Kier alpha value is -2.94. The fourth-order valence-electron chi connectivity index (χ4n) is 1.64. The molecule has 1 heterocycles. The second-order valence-electron chi connectivity index (χ2n) is 3.81. The molecule has 2 aromatic rings. The first-order valence-electron chi connectivity index (χ1n) is 5.28. The van der Waals surface area contributed by atoms with Crippen LogP contribution >= 0.6 is 0 Å². The molecule has 1 aromatic heterocycles. The predicted molar refractivity (Wildman–Crippen MR) is 66.4 cm³/mol. The van der Waals surface area contributed by atoms with E-state index < -0.39 is 11.6 Å². The number of hydrogen-bond acceptors (Lipinski definition) is 5. The highest BCUT2D eigenvalue weighted by Gasteiger charge is 2.09. The van der Waals surface area contributed by atoms with Crippen molar-refractivity contribution in [1.82, 2.24) is 4.98 Å². The zero-order valence-corrected chi connectivity index (χ0v) is 9.88. The van der Waals surface area contributed by atoms with Crippen molar-refractivity contribution in [2.45, 2.75) is 6.92 Å². The maximum atomic E-state index is 11.8. The van der Waals surface area contributed by atoms with Gasteiger partial charge in [0.05, 0.1) is 22.5 Å². The number of carboxylic acid groups (broad SMARTS) is 1. The maximum Gasteiger partial charge on any atom is 0.347 e. The first-order chi connectivity index (χ1) is 9.01. The number of fused-ring (bicyclic) bond motifs is 1. The van der Waals surface area contributed by atoms with Crippen molar-refractivity contribution in [2.24, 2.45) is 0 Å². The molecule has 0 fully saturated rings. The van der Waals surface area contributed by atoms with E-state index in [1.54, 1.807) is 13.0 Å². The summed E-state index contributed by atoms with van der Waals surface area (Å²) in [6.07, 6.45) is 1.93. The van der Waals surface area contributed by atoms with E-state index in [-0.39, 0.29) is 11.3 Å². The summed E-state index contributed by atoms with van der Waals surface area (Å²) in [6, 6.07) is 4.93. The summed E-state index contributed by atoms with van der Waals surface area (Å²) < 4.78 is 4.87. The third kappa shape index (κ3) is 2.50. The lowest BCUT2D eigenvalue weighted by Crippen LogP contribution is -2.05. The Morgan fingerprint density at radius 2 is 2.26 bits per heavy atom. The van der Waals surface area contributed by atoms with Gasteiger partial charge in [-0.05, 0) is 24.6 Å². The number of nitrogens with zero attached hydrogens (tertiary/aromatic N) is 2. The molecule has 19 heavy (non-hydrogen) atoms. The Balaban J connectivity index is 2.71. The quantitative estimate of drug-likeness (QED) is 0.816. The van der Waals surface area contributed by atoms with Gasteiger partial charge in [0.25, 0.3) is 0 Å². The molecule has 1 aromatic carbocycles.